The number of anilines is 1. The molecule has 0 heterocycles. The third-order valence-corrected chi connectivity index (χ3v) is 4.30. The summed E-state index contributed by atoms with van der Waals surface area (Å²) >= 11 is 5.84. The standard InChI is InChI=1S/C15H13ClN2O2S/c1-21(19,20)14-5-2-11(3-6-14)10-18-15-7-4-13(16)8-12(15)9-17/h2-8,18H,10H2,1H3. The van der Waals surface area contributed by atoms with Crippen LogP contribution in [0.1, 0.15) is 11.1 Å². The average Bonchev–Trinajstić information content (AvgIpc) is 2.45. The first-order valence-corrected chi connectivity index (χ1v) is 8.39. The molecule has 0 aliphatic carbocycles. The Morgan fingerprint density at radius 3 is 2.43 bits per heavy atom. The first-order valence-electron chi connectivity index (χ1n) is 6.12. The van der Waals surface area contributed by atoms with E-state index < -0.39 is 9.84 Å². The minimum Gasteiger partial charge on any atom is -0.380 e. The van der Waals surface area contributed by atoms with Crippen LogP contribution in [0.2, 0.25) is 5.02 Å². The van der Waals surface area contributed by atoms with E-state index in [2.05, 4.69) is 11.4 Å². The van der Waals surface area contributed by atoms with Crippen LogP contribution >= 0.6 is 11.6 Å². The number of sulfone groups is 1. The van der Waals surface area contributed by atoms with Crippen molar-refractivity contribution in [2.75, 3.05) is 11.6 Å². The fraction of sp³-hybridized carbons (Fsp3) is 0.133. The number of hydrogen-bond acceptors (Lipinski definition) is 4. The number of hydrogen-bond donors (Lipinski definition) is 1. The predicted molar refractivity (Wildman–Crippen MR) is 83.0 cm³/mol. The van der Waals surface area contributed by atoms with Crippen molar-refractivity contribution in [3.05, 3.63) is 58.6 Å². The quantitative estimate of drug-likeness (QED) is 0.939. The van der Waals surface area contributed by atoms with E-state index in [0.29, 0.717) is 22.8 Å². The van der Waals surface area contributed by atoms with Crippen molar-refractivity contribution >= 4 is 27.1 Å². The van der Waals surface area contributed by atoms with Crippen LogP contribution in [0.4, 0.5) is 5.69 Å². The molecule has 21 heavy (non-hydrogen) atoms. The van der Waals surface area contributed by atoms with E-state index in [1.165, 1.54) is 6.26 Å². The van der Waals surface area contributed by atoms with Crippen LogP contribution in [-0.2, 0) is 16.4 Å². The SMILES string of the molecule is CS(=O)(=O)c1ccc(CNc2ccc(Cl)cc2C#N)cc1. The van der Waals surface area contributed by atoms with E-state index in [0.717, 1.165) is 5.56 Å². The minimum absolute atomic E-state index is 0.287. The summed E-state index contributed by atoms with van der Waals surface area (Å²) in [7, 11) is -3.18. The molecule has 0 unspecified atom stereocenters. The van der Waals surface area contributed by atoms with Gasteiger partial charge in [0.15, 0.2) is 9.84 Å². The smallest absolute Gasteiger partial charge is 0.175 e. The summed E-state index contributed by atoms with van der Waals surface area (Å²) in [6, 6.07) is 13.7. The molecule has 0 amide bonds. The van der Waals surface area contributed by atoms with Gasteiger partial charge in [-0.1, -0.05) is 23.7 Å². The topological polar surface area (TPSA) is 70.0 Å². The molecule has 2 rings (SSSR count). The lowest BCUT2D eigenvalue weighted by molar-refractivity contribution is 0.602. The summed E-state index contributed by atoms with van der Waals surface area (Å²) in [6.07, 6.45) is 1.17. The van der Waals surface area contributed by atoms with Gasteiger partial charge in [-0.15, -0.1) is 0 Å². The fourth-order valence-corrected chi connectivity index (χ4v) is 2.62. The van der Waals surface area contributed by atoms with Crippen molar-refractivity contribution < 1.29 is 8.42 Å². The molecule has 0 aromatic heterocycles. The maximum absolute atomic E-state index is 11.4. The fourth-order valence-electron chi connectivity index (χ4n) is 1.81. The van der Waals surface area contributed by atoms with Crippen molar-refractivity contribution in [3.8, 4) is 6.07 Å². The lowest BCUT2D eigenvalue weighted by atomic mass is 10.1. The van der Waals surface area contributed by atoms with Gasteiger partial charge in [-0.3, -0.25) is 0 Å². The average molecular weight is 321 g/mol. The van der Waals surface area contributed by atoms with Gasteiger partial charge in [0, 0.05) is 17.8 Å². The van der Waals surface area contributed by atoms with E-state index in [1.54, 1.807) is 42.5 Å². The first-order chi connectivity index (χ1) is 9.90. The van der Waals surface area contributed by atoms with Gasteiger partial charge in [0.25, 0.3) is 0 Å². The third kappa shape index (κ3) is 3.97. The Kier molecular flexibility index (Phi) is 4.51. The monoisotopic (exact) mass is 320 g/mol. The van der Waals surface area contributed by atoms with Gasteiger partial charge in [-0.2, -0.15) is 5.26 Å². The van der Waals surface area contributed by atoms with Crippen molar-refractivity contribution in [1.29, 1.82) is 5.26 Å². The molecule has 0 saturated heterocycles. The minimum atomic E-state index is -3.18. The van der Waals surface area contributed by atoms with E-state index in [1.807, 2.05) is 0 Å². The Morgan fingerprint density at radius 2 is 1.86 bits per heavy atom. The molecular weight excluding hydrogens is 308 g/mol. The highest BCUT2D eigenvalue weighted by molar-refractivity contribution is 7.90. The van der Waals surface area contributed by atoms with E-state index in [4.69, 9.17) is 16.9 Å². The van der Waals surface area contributed by atoms with Crippen LogP contribution in [0, 0.1) is 11.3 Å². The summed E-state index contributed by atoms with van der Waals surface area (Å²) < 4.78 is 22.7. The van der Waals surface area contributed by atoms with Gasteiger partial charge in [-0.25, -0.2) is 8.42 Å². The van der Waals surface area contributed by atoms with Gasteiger partial charge in [-0.05, 0) is 35.9 Å². The number of rotatable bonds is 4. The van der Waals surface area contributed by atoms with Crippen LogP contribution in [-0.4, -0.2) is 14.7 Å². The Bertz CT molecular complexity index is 793. The predicted octanol–water partition coefficient (Wildman–Crippen LogP) is 3.23. The van der Waals surface area contributed by atoms with Crippen LogP contribution < -0.4 is 5.32 Å². The zero-order valence-corrected chi connectivity index (χ0v) is 12.9. The summed E-state index contributed by atoms with van der Waals surface area (Å²) in [5.74, 6) is 0. The molecule has 0 radical (unpaired) electrons. The molecule has 0 bridgehead atoms. The van der Waals surface area contributed by atoms with Crippen LogP contribution in [0.3, 0.4) is 0 Å². The zero-order valence-electron chi connectivity index (χ0n) is 11.3. The van der Waals surface area contributed by atoms with Gasteiger partial charge in [0.2, 0.25) is 0 Å². The molecule has 2 aromatic carbocycles. The molecule has 0 spiro atoms. The van der Waals surface area contributed by atoms with Gasteiger partial charge in [0.1, 0.15) is 6.07 Å². The highest BCUT2D eigenvalue weighted by Crippen LogP contribution is 2.20. The summed E-state index contributed by atoms with van der Waals surface area (Å²) in [5.41, 5.74) is 2.07. The summed E-state index contributed by atoms with van der Waals surface area (Å²) in [4.78, 5) is 0.287. The van der Waals surface area contributed by atoms with Crippen LogP contribution in [0.15, 0.2) is 47.4 Å². The number of nitrogens with zero attached hydrogens (tertiary/aromatic N) is 1. The Morgan fingerprint density at radius 1 is 1.19 bits per heavy atom. The molecule has 0 aliphatic heterocycles. The number of benzene rings is 2. The Hall–Kier alpha value is -2.03. The van der Waals surface area contributed by atoms with Gasteiger partial charge >= 0.3 is 0 Å². The maximum atomic E-state index is 11.4. The van der Waals surface area contributed by atoms with Gasteiger partial charge in [0.05, 0.1) is 16.1 Å². The second-order valence-corrected chi connectivity index (χ2v) is 7.02. The molecule has 108 valence electrons. The first kappa shape index (κ1) is 15.4. The van der Waals surface area contributed by atoms with Crippen molar-refractivity contribution in [2.45, 2.75) is 11.4 Å². The molecule has 0 fully saturated rings. The second kappa shape index (κ2) is 6.17. The van der Waals surface area contributed by atoms with E-state index >= 15 is 0 Å². The van der Waals surface area contributed by atoms with E-state index in [9.17, 15) is 8.42 Å². The highest BCUT2D eigenvalue weighted by atomic mass is 35.5. The molecule has 4 nitrogen and oxygen atoms in total. The molecular formula is C15H13ClN2O2S. The summed E-state index contributed by atoms with van der Waals surface area (Å²) in [6.45, 7) is 0.486. The zero-order chi connectivity index (χ0) is 15.5. The summed E-state index contributed by atoms with van der Waals surface area (Å²) in [5, 5.41) is 12.7. The lowest BCUT2D eigenvalue weighted by Gasteiger charge is -2.09. The maximum Gasteiger partial charge on any atom is 0.175 e. The largest absolute Gasteiger partial charge is 0.380 e. The van der Waals surface area contributed by atoms with Crippen molar-refractivity contribution in [2.24, 2.45) is 0 Å². The number of nitrogens with one attached hydrogen (secondary N) is 1. The molecule has 0 atom stereocenters. The number of halogens is 1. The van der Waals surface area contributed by atoms with Crippen LogP contribution in [0.25, 0.3) is 0 Å². The normalized spacial score (nSPS) is 10.9. The van der Waals surface area contributed by atoms with Crippen molar-refractivity contribution in [1.82, 2.24) is 0 Å². The molecule has 6 heteroatoms. The van der Waals surface area contributed by atoms with Crippen LogP contribution in [0.5, 0.6) is 0 Å². The third-order valence-electron chi connectivity index (χ3n) is 2.94. The molecule has 0 saturated carbocycles. The van der Waals surface area contributed by atoms with Crippen molar-refractivity contribution in [3.63, 3.8) is 0 Å². The number of nitriles is 1. The Balaban J connectivity index is 2.12. The second-order valence-electron chi connectivity index (χ2n) is 4.57. The highest BCUT2D eigenvalue weighted by Gasteiger charge is 2.07. The molecule has 2 aromatic rings. The lowest BCUT2D eigenvalue weighted by Crippen LogP contribution is -2.02. The van der Waals surface area contributed by atoms with E-state index in [-0.39, 0.29) is 4.90 Å². The Labute approximate surface area is 128 Å². The molecule has 0 aliphatic rings. The van der Waals surface area contributed by atoms with Gasteiger partial charge < -0.3 is 5.32 Å². The molecule has 1 N–H and O–H groups in total.